The van der Waals surface area contributed by atoms with Gasteiger partial charge in [0.1, 0.15) is 11.3 Å². The average Bonchev–Trinajstić information content (AvgIpc) is 2.95. The van der Waals surface area contributed by atoms with Gasteiger partial charge in [-0.15, -0.1) is 0 Å². The number of carboxylic acid groups (broad SMARTS) is 1. The Bertz CT molecular complexity index is 662. The number of carbonyl (C=O) groups excluding carboxylic acids is 1. The molecule has 0 radical (unpaired) electrons. The van der Waals surface area contributed by atoms with Crippen LogP contribution in [-0.2, 0) is 9.59 Å². The molecule has 2 unspecified atom stereocenters. The summed E-state index contributed by atoms with van der Waals surface area (Å²) in [5.41, 5.74) is 0.787. The summed E-state index contributed by atoms with van der Waals surface area (Å²) in [4.78, 5) is 24.6. The fourth-order valence-corrected chi connectivity index (χ4v) is 2.29. The highest BCUT2D eigenvalue weighted by Gasteiger charge is 2.21. The first-order chi connectivity index (χ1) is 10.9. The van der Waals surface area contributed by atoms with Crippen LogP contribution < -0.4 is 5.32 Å². The molecule has 2 rings (SSSR count). The molecule has 0 saturated heterocycles. The van der Waals surface area contributed by atoms with E-state index < -0.39 is 12.0 Å². The number of nitrogens with one attached hydrogen (secondary N) is 1. The quantitative estimate of drug-likeness (QED) is 0.819. The zero-order valence-corrected chi connectivity index (χ0v) is 13.6. The monoisotopic (exact) mass is 318 g/mol. The minimum Gasteiger partial charge on any atom is -0.481 e. The van der Waals surface area contributed by atoms with Crippen molar-refractivity contribution in [3.8, 4) is 0 Å². The van der Waals surface area contributed by atoms with E-state index in [-0.39, 0.29) is 18.4 Å². The van der Waals surface area contributed by atoms with Crippen molar-refractivity contribution in [2.75, 3.05) is 13.6 Å². The molecule has 1 amide bonds. The summed E-state index contributed by atoms with van der Waals surface area (Å²) in [7, 11) is 1.74. The van der Waals surface area contributed by atoms with E-state index >= 15 is 0 Å². The minimum atomic E-state index is -0.875. The summed E-state index contributed by atoms with van der Waals surface area (Å²) in [6, 6.07) is 8.92. The van der Waals surface area contributed by atoms with Gasteiger partial charge in [-0.25, -0.2) is 0 Å². The Morgan fingerprint density at radius 1 is 1.30 bits per heavy atom. The molecule has 0 aliphatic heterocycles. The predicted octanol–water partition coefficient (Wildman–Crippen LogP) is 2.40. The van der Waals surface area contributed by atoms with Gasteiger partial charge in [-0.3, -0.25) is 14.5 Å². The number of nitrogens with zero attached hydrogens (tertiary/aromatic N) is 1. The van der Waals surface area contributed by atoms with Crippen molar-refractivity contribution in [3.63, 3.8) is 0 Å². The van der Waals surface area contributed by atoms with Crippen LogP contribution in [0.3, 0.4) is 0 Å². The molecule has 2 N–H and O–H groups in total. The van der Waals surface area contributed by atoms with Gasteiger partial charge < -0.3 is 14.8 Å². The van der Waals surface area contributed by atoms with E-state index in [4.69, 9.17) is 9.52 Å². The molecule has 23 heavy (non-hydrogen) atoms. The first kappa shape index (κ1) is 17.0. The highest BCUT2D eigenvalue weighted by molar-refractivity contribution is 5.82. The Morgan fingerprint density at radius 2 is 2.00 bits per heavy atom. The molecule has 0 fully saturated rings. The summed E-state index contributed by atoms with van der Waals surface area (Å²) >= 11 is 0. The number of para-hydroxylation sites is 1. The lowest BCUT2D eigenvalue weighted by molar-refractivity contribution is -0.138. The molecule has 0 spiro atoms. The van der Waals surface area contributed by atoms with Crippen molar-refractivity contribution < 1.29 is 19.1 Å². The van der Waals surface area contributed by atoms with E-state index in [1.54, 1.807) is 18.9 Å². The fourth-order valence-electron chi connectivity index (χ4n) is 2.29. The Kier molecular flexibility index (Phi) is 5.39. The number of furan rings is 1. The second-order valence-electron chi connectivity index (χ2n) is 5.72. The number of likely N-dealkylation sites (N-methyl/N-ethyl adjacent to an activating group) is 1. The molecule has 6 heteroatoms. The zero-order valence-electron chi connectivity index (χ0n) is 13.6. The molecule has 2 aromatic rings. The third-order valence-electron chi connectivity index (χ3n) is 3.95. The predicted molar refractivity (Wildman–Crippen MR) is 87.1 cm³/mol. The average molecular weight is 318 g/mol. The first-order valence-electron chi connectivity index (χ1n) is 7.59. The lowest BCUT2D eigenvalue weighted by Crippen LogP contribution is -2.44. The molecule has 124 valence electrons. The van der Waals surface area contributed by atoms with E-state index in [9.17, 15) is 9.59 Å². The van der Waals surface area contributed by atoms with Gasteiger partial charge in [0.05, 0.1) is 18.5 Å². The molecule has 2 atom stereocenters. The Morgan fingerprint density at radius 3 is 2.65 bits per heavy atom. The molecule has 0 bridgehead atoms. The van der Waals surface area contributed by atoms with Gasteiger partial charge in [-0.2, -0.15) is 0 Å². The highest BCUT2D eigenvalue weighted by atomic mass is 16.4. The third-order valence-corrected chi connectivity index (χ3v) is 3.95. The van der Waals surface area contributed by atoms with Crippen LogP contribution in [-0.4, -0.2) is 41.5 Å². The van der Waals surface area contributed by atoms with Crippen molar-refractivity contribution >= 4 is 22.8 Å². The van der Waals surface area contributed by atoms with Crippen molar-refractivity contribution in [3.05, 3.63) is 36.1 Å². The summed E-state index contributed by atoms with van der Waals surface area (Å²) in [5.74, 6) is -0.342. The number of rotatable bonds is 7. The smallest absolute Gasteiger partial charge is 0.304 e. The van der Waals surface area contributed by atoms with Crippen LogP contribution >= 0.6 is 0 Å². The van der Waals surface area contributed by atoms with Crippen LogP contribution in [0.4, 0.5) is 0 Å². The Hall–Kier alpha value is -2.34. The van der Waals surface area contributed by atoms with E-state index in [1.165, 1.54) is 0 Å². The van der Waals surface area contributed by atoms with Gasteiger partial charge in [0.15, 0.2) is 0 Å². The molecule has 1 aromatic heterocycles. The molecule has 0 aliphatic rings. The van der Waals surface area contributed by atoms with Crippen molar-refractivity contribution in [2.24, 2.45) is 0 Å². The Labute approximate surface area is 135 Å². The highest BCUT2D eigenvalue weighted by Crippen LogP contribution is 2.23. The van der Waals surface area contributed by atoms with Gasteiger partial charge in [0, 0.05) is 11.9 Å². The van der Waals surface area contributed by atoms with Gasteiger partial charge in [0.25, 0.3) is 0 Å². The maximum absolute atomic E-state index is 12.3. The zero-order chi connectivity index (χ0) is 17.0. The minimum absolute atomic E-state index is 0.00719. The molecule has 0 saturated carbocycles. The van der Waals surface area contributed by atoms with E-state index in [0.717, 1.165) is 11.0 Å². The summed E-state index contributed by atoms with van der Waals surface area (Å²) in [5, 5.41) is 12.6. The van der Waals surface area contributed by atoms with Crippen molar-refractivity contribution in [1.82, 2.24) is 10.2 Å². The number of aliphatic carboxylic acids is 1. The normalized spacial score (nSPS) is 13.9. The molecule has 6 nitrogen and oxygen atoms in total. The fraction of sp³-hybridized carbons (Fsp3) is 0.412. The number of carboxylic acids is 1. The number of hydrogen-bond donors (Lipinski definition) is 2. The SMILES string of the molecule is CC(NC(=O)C(C)N(C)CCC(=O)O)c1cc2ccccc2o1. The molecular weight excluding hydrogens is 296 g/mol. The largest absolute Gasteiger partial charge is 0.481 e. The summed E-state index contributed by atoms with van der Waals surface area (Å²) in [6.45, 7) is 3.94. The van der Waals surface area contributed by atoms with Gasteiger partial charge in [0.2, 0.25) is 5.91 Å². The van der Waals surface area contributed by atoms with E-state index in [1.807, 2.05) is 37.3 Å². The lowest BCUT2D eigenvalue weighted by Gasteiger charge is -2.24. The second-order valence-corrected chi connectivity index (χ2v) is 5.72. The van der Waals surface area contributed by atoms with Crippen LogP contribution in [0, 0.1) is 0 Å². The maximum atomic E-state index is 12.3. The standard InChI is InChI=1S/C17H22N2O4/c1-11(15-10-13-6-4-5-7-14(13)23-15)18-17(22)12(2)19(3)9-8-16(20)21/h4-7,10-12H,8-9H2,1-3H3,(H,18,22)(H,20,21). The van der Waals surface area contributed by atoms with Crippen LogP contribution in [0.1, 0.15) is 32.1 Å². The number of amides is 1. The van der Waals surface area contributed by atoms with Gasteiger partial charge in [-0.1, -0.05) is 18.2 Å². The van der Waals surface area contributed by atoms with Crippen LogP contribution in [0.5, 0.6) is 0 Å². The number of fused-ring (bicyclic) bond motifs is 1. The van der Waals surface area contributed by atoms with Crippen LogP contribution in [0.15, 0.2) is 34.7 Å². The first-order valence-corrected chi connectivity index (χ1v) is 7.59. The van der Waals surface area contributed by atoms with Crippen molar-refractivity contribution in [1.29, 1.82) is 0 Å². The topological polar surface area (TPSA) is 82.8 Å². The van der Waals surface area contributed by atoms with E-state index in [2.05, 4.69) is 5.32 Å². The number of carbonyl (C=O) groups is 2. The van der Waals surface area contributed by atoms with Crippen molar-refractivity contribution in [2.45, 2.75) is 32.4 Å². The number of hydrogen-bond acceptors (Lipinski definition) is 4. The van der Waals surface area contributed by atoms with Gasteiger partial charge >= 0.3 is 5.97 Å². The summed E-state index contributed by atoms with van der Waals surface area (Å²) < 4.78 is 5.74. The van der Waals surface area contributed by atoms with Gasteiger partial charge in [-0.05, 0) is 33.0 Å². The molecule has 1 aromatic carbocycles. The third kappa shape index (κ3) is 4.32. The maximum Gasteiger partial charge on any atom is 0.304 e. The molecule has 0 aliphatic carbocycles. The second kappa shape index (κ2) is 7.28. The van der Waals surface area contributed by atoms with E-state index in [0.29, 0.717) is 12.3 Å². The molecular formula is C17H22N2O4. The van der Waals surface area contributed by atoms with Crippen LogP contribution in [0.25, 0.3) is 11.0 Å². The molecule has 1 heterocycles. The Balaban J connectivity index is 1.96. The van der Waals surface area contributed by atoms with Crippen LogP contribution in [0.2, 0.25) is 0 Å². The number of benzene rings is 1. The lowest BCUT2D eigenvalue weighted by atomic mass is 10.2. The summed E-state index contributed by atoms with van der Waals surface area (Å²) in [6.07, 6.45) is 0.00719.